The van der Waals surface area contributed by atoms with Gasteiger partial charge in [-0.15, -0.1) is 11.3 Å². The summed E-state index contributed by atoms with van der Waals surface area (Å²) in [6.45, 7) is -0.551. The molecule has 170 valence electrons. The molecule has 2 amide bonds. The number of nitrogens with one attached hydrogen (secondary N) is 2. The molecule has 9 nitrogen and oxygen atoms in total. The molecule has 4 rings (SSSR count). The maximum atomic E-state index is 12.3. The largest absolute Gasteiger partial charge is 0.480 e. The van der Waals surface area contributed by atoms with Crippen LogP contribution in [0.25, 0.3) is 11.1 Å². The molecule has 0 bridgehead atoms. The Kier molecular flexibility index (Phi) is 6.66. The van der Waals surface area contributed by atoms with Gasteiger partial charge in [-0.05, 0) is 22.3 Å². The lowest BCUT2D eigenvalue weighted by Gasteiger charge is -2.14. The summed E-state index contributed by atoms with van der Waals surface area (Å²) in [4.78, 5) is 39.3. The number of carbonyl (C=O) groups excluding carboxylic acids is 2. The Labute approximate surface area is 193 Å². The van der Waals surface area contributed by atoms with Crippen molar-refractivity contribution in [3.63, 3.8) is 0 Å². The van der Waals surface area contributed by atoms with E-state index in [0.717, 1.165) is 33.6 Å². The molecule has 4 N–H and O–H groups in total. The Morgan fingerprint density at radius 3 is 2.30 bits per heavy atom. The third kappa shape index (κ3) is 5.02. The number of carboxylic acids is 1. The summed E-state index contributed by atoms with van der Waals surface area (Å²) in [7, 11) is 0. The first-order valence-corrected chi connectivity index (χ1v) is 11.0. The highest BCUT2D eigenvalue weighted by Gasteiger charge is 2.29. The van der Waals surface area contributed by atoms with Crippen LogP contribution in [0.2, 0.25) is 0 Å². The summed E-state index contributed by atoms with van der Waals surface area (Å²) in [5.41, 5.74) is 4.84. The molecule has 1 aliphatic carbocycles. The summed E-state index contributed by atoms with van der Waals surface area (Å²) < 4.78 is 5.47. The van der Waals surface area contributed by atoms with Crippen LogP contribution < -0.4 is 10.6 Å². The van der Waals surface area contributed by atoms with E-state index in [1.807, 2.05) is 36.4 Å². The minimum atomic E-state index is -1.38. The zero-order chi connectivity index (χ0) is 23.4. The zero-order valence-corrected chi connectivity index (χ0v) is 18.2. The second kappa shape index (κ2) is 9.80. The number of aliphatic carboxylic acids is 1. The molecule has 0 fully saturated rings. The second-order valence-electron chi connectivity index (χ2n) is 7.41. The highest BCUT2D eigenvalue weighted by molar-refractivity contribution is 7.13. The third-order valence-corrected chi connectivity index (χ3v) is 6.07. The lowest BCUT2D eigenvalue weighted by atomic mass is 9.98. The number of fused-ring (bicyclic) bond motifs is 3. The summed E-state index contributed by atoms with van der Waals surface area (Å²) >= 11 is 1.12. The maximum absolute atomic E-state index is 12.3. The molecule has 1 aromatic heterocycles. The number of carbonyl (C=O) groups is 3. The molecule has 10 heteroatoms. The van der Waals surface area contributed by atoms with E-state index in [4.69, 9.17) is 14.9 Å². The number of aromatic nitrogens is 1. The van der Waals surface area contributed by atoms with Crippen LogP contribution in [0.1, 0.15) is 22.7 Å². The molecular formula is C23H21N3O6S. The molecule has 3 aromatic rings. The number of hydrogen-bond acceptors (Lipinski definition) is 7. The van der Waals surface area contributed by atoms with Gasteiger partial charge in [0.15, 0.2) is 5.13 Å². The van der Waals surface area contributed by atoms with Gasteiger partial charge in [-0.25, -0.2) is 14.6 Å². The first-order chi connectivity index (χ1) is 16.0. The monoisotopic (exact) mass is 467 g/mol. The average molecular weight is 468 g/mol. The van der Waals surface area contributed by atoms with Gasteiger partial charge in [0.1, 0.15) is 12.6 Å². The van der Waals surface area contributed by atoms with Crippen LogP contribution in [0.15, 0.2) is 53.9 Å². The molecule has 0 saturated carbocycles. The van der Waals surface area contributed by atoms with E-state index < -0.39 is 30.6 Å². The predicted molar refractivity (Wildman–Crippen MR) is 121 cm³/mol. The van der Waals surface area contributed by atoms with Gasteiger partial charge in [0, 0.05) is 11.3 Å². The Morgan fingerprint density at radius 1 is 1.06 bits per heavy atom. The number of benzene rings is 2. The highest BCUT2D eigenvalue weighted by atomic mass is 32.1. The smallest absolute Gasteiger partial charge is 0.413 e. The molecule has 1 unspecified atom stereocenters. The number of aliphatic hydroxyl groups is 1. The number of ether oxygens (including phenoxy) is 1. The van der Waals surface area contributed by atoms with Crippen molar-refractivity contribution >= 4 is 34.4 Å². The van der Waals surface area contributed by atoms with E-state index in [-0.39, 0.29) is 24.1 Å². The number of hydrogen-bond donors (Lipinski definition) is 4. The van der Waals surface area contributed by atoms with Crippen LogP contribution in [0, 0.1) is 0 Å². The lowest BCUT2D eigenvalue weighted by Crippen LogP contribution is -2.43. The van der Waals surface area contributed by atoms with E-state index in [1.54, 1.807) is 5.38 Å². The number of aliphatic hydroxyl groups excluding tert-OH is 1. The van der Waals surface area contributed by atoms with Gasteiger partial charge < -0.3 is 20.3 Å². The van der Waals surface area contributed by atoms with Gasteiger partial charge in [0.2, 0.25) is 5.91 Å². The van der Waals surface area contributed by atoms with Gasteiger partial charge in [0.05, 0.1) is 18.7 Å². The van der Waals surface area contributed by atoms with E-state index in [0.29, 0.717) is 5.69 Å². The number of anilines is 1. The van der Waals surface area contributed by atoms with Crippen LogP contribution in [-0.2, 0) is 20.7 Å². The van der Waals surface area contributed by atoms with Crippen LogP contribution in [-0.4, -0.2) is 52.4 Å². The second-order valence-corrected chi connectivity index (χ2v) is 8.27. The van der Waals surface area contributed by atoms with Crippen molar-refractivity contribution in [1.29, 1.82) is 0 Å². The molecule has 0 aliphatic heterocycles. The molecule has 33 heavy (non-hydrogen) atoms. The van der Waals surface area contributed by atoms with Crippen molar-refractivity contribution in [1.82, 2.24) is 10.3 Å². The summed E-state index contributed by atoms with van der Waals surface area (Å²) in [5, 5.41) is 24.4. The summed E-state index contributed by atoms with van der Waals surface area (Å²) in [6, 6.07) is 14.7. The molecule has 0 saturated heterocycles. The Balaban J connectivity index is 1.33. The zero-order valence-electron chi connectivity index (χ0n) is 17.4. The van der Waals surface area contributed by atoms with Crippen LogP contribution in [0.5, 0.6) is 0 Å². The third-order valence-electron chi connectivity index (χ3n) is 5.26. The van der Waals surface area contributed by atoms with E-state index in [2.05, 4.69) is 27.8 Å². The number of nitrogens with zero attached hydrogens (tertiary/aromatic N) is 1. The fourth-order valence-electron chi connectivity index (χ4n) is 3.76. The van der Waals surface area contributed by atoms with Crippen LogP contribution >= 0.6 is 11.3 Å². The molecule has 1 atom stereocenters. The quantitative estimate of drug-likeness (QED) is 0.399. The van der Waals surface area contributed by atoms with Gasteiger partial charge in [-0.1, -0.05) is 48.5 Å². The van der Waals surface area contributed by atoms with Crippen molar-refractivity contribution in [2.24, 2.45) is 0 Å². The predicted octanol–water partition coefficient (Wildman–Crippen LogP) is 2.61. The van der Waals surface area contributed by atoms with Crippen molar-refractivity contribution in [3.05, 3.63) is 70.7 Å². The molecule has 0 radical (unpaired) electrons. The van der Waals surface area contributed by atoms with E-state index in [1.165, 1.54) is 0 Å². The van der Waals surface area contributed by atoms with Gasteiger partial charge in [0.25, 0.3) is 0 Å². The van der Waals surface area contributed by atoms with Gasteiger partial charge in [-0.2, -0.15) is 0 Å². The first kappa shape index (κ1) is 22.4. The van der Waals surface area contributed by atoms with E-state index in [9.17, 15) is 14.4 Å². The van der Waals surface area contributed by atoms with Gasteiger partial charge in [-0.3, -0.25) is 10.1 Å². The van der Waals surface area contributed by atoms with E-state index >= 15 is 0 Å². The fraction of sp³-hybridized carbons (Fsp3) is 0.217. The van der Waals surface area contributed by atoms with Crippen LogP contribution in [0.3, 0.4) is 0 Å². The standard InChI is InChI=1S/C23H21N3O6S/c27-10-19(21(29)30)25-20(28)9-13-12-33-22(24-13)26-23(31)32-11-18-16-7-3-1-5-14(16)15-6-2-4-8-17(15)18/h1-8,12,18-19,27H,9-11H2,(H,25,28)(H,29,30)(H,24,26,31). The Bertz CT molecular complexity index is 1150. The maximum Gasteiger partial charge on any atom is 0.413 e. The summed E-state index contributed by atoms with van der Waals surface area (Å²) in [6.07, 6.45) is -0.847. The van der Waals surface area contributed by atoms with Crippen LogP contribution in [0.4, 0.5) is 9.93 Å². The van der Waals surface area contributed by atoms with Crippen molar-refractivity contribution in [2.45, 2.75) is 18.4 Å². The Hall–Kier alpha value is -3.76. The minimum Gasteiger partial charge on any atom is -0.480 e. The number of amides is 2. The molecule has 0 spiro atoms. The fourth-order valence-corrected chi connectivity index (χ4v) is 4.46. The Morgan fingerprint density at radius 2 is 1.70 bits per heavy atom. The highest BCUT2D eigenvalue weighted by Crippen LogP contribution is 2.44. The SMILES string of the molecule is O=C(Cc1csc(NC(=O)OCC2c3ccccc3-c3ccccc32)n1)NC(CO)C(=O)O. The molecular weight excluding hydrogens is 446 g/mol. The molecule has 2 aromatic carbocycles. The summed E-state index contributed by atoms with van der Waals surface area (Å²) in [5.74, 6) is -2.00. The van der Waals surface area contributed by atoms with Crippen molar-refractivity contribution < 1.29 is 29.3 Å². The van der Waals surface area contributed by atoms with Gasteiger partial charge >= 0.3 is 12.1 Å². The molecule has 1 heterocycles. The number of thiazole rings is 1. The number of carboxylic acid groups (broad SMARTS) is 1. The topological polar surface area (TPSA) is 138 Å². The number of rotatable bonds is 8. The molecule has 1 aliphatic rings. The first-order valence-electron chi connectivity index (χ1n) is 10.2. The normalized spacial score (nSPS) is 13.0. The van der Waals surface area contributed by atoms with Crippen molar-refractivity contribution in [2.75, 3.05) is 18.5 Å². The van der Waals surface area contributed by atoms with Crippen molar-refractivity contribution in [3.8, 4) is 11.1 Å². The minimum absolute atomic E-state index is 0.0626. The lowest BCUT2D eigenvalue weighted by molar-refractivity contribution is -0.142. The average Bonchev–Trinajstić information content (AvgIpc) is 3.37.